The van der Waals surface area contributed by atoms with Gasteiger partial charge in [-0.25, -0.2) is 4.79 Å². The van der Waals surface area contributed by atoms with E-state index in [1.165, 1.54) is 6.92 Å². The molecule has 3 rings (SSSR count). The van der Waals surface area contributed by atoms with E-state index in [0.29, 0.717) is 10.6 Å². The SMILES string of the molecule is Cc1onc(-c2ccccc2Cl)c1C(=O)N[C@H](C(=O)O)[C@@H]1N[C@@H](C(=O)O)C(C)(C)S1. The summed E-state index contributed by atoms with van der Waals surface area (Å²) in [6, 6.07) is 4.39. The average Bonchev–Trinajstić information content (AvgIpc) is 3.19. The molecule has 1 fully saturated rings. The molecular weight excluding hydrogens is 434 g/mol. The molecule has 1 aromatic carbocycles. The summed E-state index contributed by atoms with van der Waals surface area (Å²) in [5.74, 6) is -2.91. The number of rotatable bonds is 6. The molecule has 9 nitrogen and oxygen atoms in total. The number of hydrogen-bond acceptors (Lipinski definition) is 7. The van der Waals surface area contributed by atoms with Gasteiger partial charge in [-0.3, -0.25) is 14.9 Å². The van der Waals surface area contributed by atoms with Gasteiger partial charge in [-0.15, -0.1) is 11.8 Å². The molecule has 0 radical (unpaired) electrons. The molecule has 0 saturated carbocycles. The van der Waals surface area contributed by atoms with Crippen LogP contribution >= 0.6 is 23.4 Å². The number of carbonyl (C=O) groups is 3. The zero-order valence-electron chi connectivity index (χ0n) is 16.3. The molecular formula is C19H20ClN3O6S. The Balaban J connectivity index is 1.90. The van der Waals surface area contributed by atoms with E-state index in [1.54, 1.807) is 38.1 Å². The first kappa shape index (κ1) is 22.1. The molecule has 1 aliphatic heterocycles. The first-order valence-corrected chi connectivity index (χ1v) is 10.2. The first-order valence-electron chi connectivity index (χ1n) is 8.94. The van der Waals surface area contributed by atoms with Crippen LogP contribution in [0.3, 0.4) is 0 Å². The minimum Gasteiger partial charge on any atom is -0.480 e. The Morgan fingerprint density at radius 3 is 2.53 bits per heavy atom. The zero-order chi connectivity index (χ0) is 22.2. The fourth-order valence-corrected chi connectivity index (χ4v) is 4.99. The zero-order valence-corrected chi connectivity index (χ0v) is 17.9. The number of halogens is 1. The van der Waals surface area contributed by atoms with Crippen molar-refractivity contribution in [1.29, 1.82) is 0 Å². The van der Waals surface area contributed by atoms with Crippen LogP contribution in [-0.2, 0) is 9.59 Å². The van der Waals surface area contributed by atoms with Gasteiger partial charge in [0.05, 0.1) is 10.4 Å². The molecule has 11 heteroatoms. The van der Waals surface area contributed by atoms with E-state index in [1.807, 2.05) is 0 Å². The number of aliphatic carboxylic acids is 2. The molecule has 160 valence electrons. The number of aryl methyl sites for hydroxylation is 1. The summed E-state index contributed by atoms with van der Waals surface area (Å²) in [6.45, 7) is 4.93. The van der Waals surface area contributed by atoms with Crippen molar-refractivity contribution < 1.29 is 29.1 Å². The second-order valence-corrected chi connectivity index (χ2v) is 9.51. The number of thioether (sulfide) groups is 1. The maximum Gasteiger partial charge on any atom is 0.328 e. The number of nitrogens with zero attached hydrogens (tertiary/aromatic N) is 1. The van der Waals surface area contributed by atoms with Crippen molar-refractivity contribution in [2.45, 2.75) is 43.0 Å². The third-order valence-corrected chi connectivity index (χ3v) is 6.61. The van der Waals surface area contributed by atoms with Gasteiger partial charge in [0, 0.05) is 10.3 Å². The average molecular weight is 454 g/mol. The fourth-order valence-electron chi connectivity index (χ4n) is 3.28. The molecule has 0 unspecified atom stereocenters. The van der Waals surface area contributed by atoms with Crippen LogP contribution in [0.1, 0.15) is 30.0 Å². The van der Waals surface area contributed by atoms with E-state index in [-0.39, 0.29) is 17.0 Å². The molecule has 3 atom stereocenters. The number of carboxylic acid groups (broad SMARTS) is 2. The molecule has 1 aromatic heterocycles. The highest BCUT2D eigenvalue weighted by molar-refractivity contribution is 8.01. The van der Waals surface area contributed by atoms with Crippen LogP contribution in [0, 0.1) is 6.92 Å². The number of amides is 1. The topological polar surface area (TPSA) is 142 Å². The third-order valence-electron chi connectivity index (χ3n) is 4.78. The van der Waals surface area contributed by atoms with Crippen LogP contribution in [-0.4, -0.2) is 55.4 Å². The minimum absolute atomic E-state index is 0.0615. The Bertz CT molecular complexity index is 1010. The lowest BCUT2D eigenvalue weighted by Gasteiger charge is -2.22. The molecule has 1 saturated heterocycles. The fraction of sp³-hybridized carbons (Fsp3) is 0.368. The highest BCUT2D eigenvalue weighted by Gasteiger charge is 2.49. The van der Waals surface area contributed by atoms with Gasteiger partial charge in [0.2, 0.25) is 0 Å². The second-order valence-electron chi connectivity index (χ2n) is 7.31. The van der Waals surface area contributed by atoms with Crippen molar-refractivity contribution >= 4 is 41.2 Å². The van der Waals surface area contributed by atoms with E-state index in [0.717, 1.165) is 11.8 Å². The Morgan fingerprint density at radius 2 is 1.97 bits per heavy atom. The van der Waals surface area contributed by atoms with Gasteiger partial charge in [0.25, 0.3) is 5.91 Å². The molecule has 0 spiro atoms. The summed E-state index contributed by atoms with van der Waals surface area (Å²) in [4.78, 5) is 36.4. The van der Waals surface area contributed by atoms with Gasteiger partial charge in [-0.2, -0.15) is 0 Å². The number of aromatic nitrogens is 1. The number of carbonyl (C=O) groups excluding carboxylic acids is 1. The highest BCUT2D eigenvalue weighted by Crippen LogP contribution is 2.39. The highest BCUT2D eigenvalue weighted by atomic mass is 35.5. The summed E-state index contributed by atoms with van der Waals surface area (Å²) in [5, 5.41) is 27.8. The predicted octanol–water partition coefficient (Wildman–Crippen LogP) is 2.38. The second kappa shape index (κ2) is 8.29. The molecule has 0 aliphatic carbocycles. The minimum atomic E-state index is -1.39. The number of benzene rings is 1. The monoisotopic (exact) mass is 453 g/mol. The Morgan fingerprint density at radius 1 is 1.30 bits per heavy atom. The van der Waals surface area contributed by atoms with Gasteiger partial charge in [-0.05, 0) is 26.8 Å². The van der Waals surface area contributed by atoms with Crippen LogP contribution in [0.4, 0.5) is 0 Å². The first-order chi connectivity index (χ1) is 14.0. The predicted molar refractivity (Wildman–Crippen MR) is 111 cm³/mol. The molecule has 2 heterocycles. The number of nitrogens with one attached hydrogen (secondary N) is 2. The Kier molecular flexibility index (Phi) is 6.11. The van der Waals surface area contributed by atoms with Crippen LogP contribution in [0.2, 0.25) is 5.02 Å². The number of hydrogen-bond donors (Lipinski definition) is 4. The summed E-state index contributed by atoms with van der Waals surface area (Å²) in [6.07, 6.45) is 0. The number of carboxylic acids is 2. The van der Waals surface area contributed by atoms with Crippen LogP contribution in [0.15, 0.2) is 28.8 Å². The van der Waals surface area contributed by atoms with Crippen molar-refractivity contribution in [3.63, 3.8) is 0 Å². The van der Waals surface area contributed by atoms with E-state index in [4.69, 9.17) is 16.1 Å². The van der Waals surface area contributed by atoms with Crippen molar-refractivity contribution in [2.24, 2.45) is 0 Å². The summed E-state index contributed by atoms with van der Waals surface area (Å²) >= 11 is 7.34. The molecule has 0 bridgehead atoms. The Hall–Kier alpha value is -2.56. The van der Waals surface area contributed by atoms with Crippen molar-refractivity contribution in [3.05, 3.63) is 40.6 Å². The van der Waals surface area contributed by atoms with Gasteiger partial charge >= 0.3 is 11.9 Å². The van der Waals surface area contributed by atoms with Crippen molar-refractivity contribution in [1.82, 2.24) is 15.8 Å². The summed E-state index contributed by atoms with van der Waals surface area (Å²) in [7, 11) is 0. The maximum absolute atomic E-state index is 13.0. The molecule has 1 amide bonds. The standard InChI is InChI=1S/C19H20ClN3O6S/c1-8-11(12(23-29-8)9-6-4-5-7-10(9)20)15(24)21-13(17(25)26)16-22-14(18(27)28)19(2,3)30-16/h4-7,13-14,16,22H,1-3H3,(H,21,24)(H,25,26)(H,27,28)/t13-,14-,16+/m0/s1. The largest absolute Gasteiger partial charge is 0.480 e. The van der Waals surface area contributed by atoms with E-state index < -0.39 is 40.1 Å². The van der Waals surface area contributed by atoms with Crippen molar-refractivity contribution in [3.8, 4) is 11.3 Å². The van der Waals surface area contributed by atoms with Crippen LogP contribution in [0.25, 0.3) is 11.3 Å². The maximum atomic E-state index is 13.0. The van der Waals surface area contributed by atoms with E-state index in [9.17, 15) is 24.6 Å². The van der Waals surface area contributed by atoms with Crippen LogP contribution in [0.5, 0.6) is 0 Å². The smallest absolute Gasteiger partial charge is 0.328 e. The normalized spacial score (nSPS) is 21.2. The van der Waals surface area contributed by atoms with Crippen molar-refractivity contribution in [2.75, 3.05) is 0 Å². The van der Waals surface area contributed by atoms with Gasteiger partial charge in [0.1, 0.15) is 23.1 Å². The van der Waals surface area contributed by atoms with Gasteiger partial charge in [-0.1, -0.05) is 35.0 Å². The van der Waals surface area contributed by atoms with E-state index in [2.05, 4.69) is 15.8 Å². The molecule has 4 N–H and O–H groups in total. The molecule has 2 aromatic rings. The third kappa shape index (κ3) is 4.16. The van der Waals surface area contributed by atoms with E-state index >= 15 is 0 Å². The lowest BCUT2D eigenvalue weighted by atomic mass is 10.0. The molecule has 30 heavy (non-hydrogen) atoms. The lowest BCUT2D eigenvalue weighted by molar-refractivity contribution is -0.142. The molecule has 1 aliphatic rings. The van der Waals surface area contributed by atoms with Gasteiger partial charge < -0.3 is 20.1 Å². The van der Waals surface area contributed by atoms with Gasteiger partial charge in [0.15, 0.2) is 6.04 Å². The summed E-state index contributed by atoms with van der Waals surface area (Å²) < 4.78 is 4.39. The Labute approximate surface area is 181 Å². The summed E-state index contributed by atoms with van der Waals surface area (Å²) in [5.41, 5.74) is 0.718. The lowest BCUT2D eigenvalue weighted by Crippen LogP contribution is -2.53. The van der Waals surface area contributed by atoms with Crippen LogP contribution < -0.4 is 10.6 Å². The quantitative estimate of drug-likeness (QED) is 0.518.